The van der Waals surface area contributed by atoms with Gasteiger partial charge in [-0.2, -0.15) is 0 Å². The van der Waals surface area contributed by atoms with Gasteiger partial charge in [-0.15, -0.1) is 0 Å². The summed E-state index contributed by atoms with van der Waals surface area (Å²) in [5, 5.41) is 20.6. The van der Waals surface area contributed by atoms with Gasteiger partial charge in [0.1, 0.15) is 25.4 Å². The molecule has 0 aliphatic carbocycles. The Morgan fingerprint density at radius 2 is 0.535 bits per heavy atom. The number of allylic oxidation sites excluding steroid dienone is 26. The second-order valence-corrected chi connectivity index (χ2v) is 27.6. The Morgan fingerprint density at radius 1 is 0.293 bits per heavy atom. The molecule has 0 fully saturated rings. The van der Waals surface area contributed by atoms with Crippen molar-refractivity contribution in [3.05, 3.63) is 158 Å². The standard InChI is InChI=1S/C81H134O16P2/c1-4-7-10-13-16-19-22-25-28-31-33-34-35-36-37-38-39-40-42-45-46-49-52-55-58-61-64-67-79(84)91-70-76(82)71-93-98(87,88)94-72-77(83)73-95-99(89,90)96-75-78(97-81(86)69-66-63-60-57-54-51-48-43-30-27-24-21-18-15-12-9-6-3)74-92-80(85)68-65-62-59-56-53-50-47-44-41-32-29-26-23-20-17-14-11-8-5-2/h7,9-10,12,16-21,25-30,33-34,36-37,39-41,44,48,51,76-78,82-83H,4-6,8,11,13-15,22-24,31-32,35,38,42-43,45-47,49-50,52-75H2,1-3H3,(H,87,88)(H,89,90)/b10-7-,12-9-,19-16-,20-17-,21-18-,28-25-,29-26-,30-27-,34-33-,37-36-,40-39-,44-41-,51-48-. The zero-order chi connectivity index (χ0) is 72.3. The van der Waals surface area contributed by atoms with Gasteiger partial charge in [-0.05, 0) is 148 Å². The molecule has 0 saturated carbocycles. The predicted molar refractivity (Wildman–Crippen MR) is 408 cm³/mol. The fraction of sp³-hybridized carbons (Fsp3) is 0.642. The van der Waals surface area contributed by atoms with Crippen LogP contribution in [-0.2, 0) is 55.8 Å². The molecule has 0 radical (unpaired) electrons. The number of hydrogen-bond donors (Lipinski definition) is 4. The SMILES string of the molecule is CC/C=C\C/C=C\C/C=C\C/C=C\C/C=C\C/C=C\CCCCCCCCCCC(=O)OCC(O)COP(=O)(O)OCC(O)COP(=O)(O)OCC(COC(=O)CCCCCCCC/C=C\C/C=C\C/C=C\CCCCC)OC(=O)CCCCCC/C=C\C/C=C\C/C=C\C/C=C\CC. The Labute approximate surface area is 600 Å². The molecule has 0 aliphatic rings. The van der Waals surface area contributed by atoms with Crippen LogP contribution in [0.1, 0.15) is 278 Å². The van der Waals surface area contributed by atoms with Gasteiger partial charge in [-0.1, -0.05) is 269 Å². The molecular formula is C81H134O16P2. The summed E-state index contributed by atoms with van der Waals surface area (Å²) < 4.78 is 61.0. The van der Waals surface area contributed by atoms with Gasteiger partial charge in [0.25, 0.3) is 0 Å². The van der Waals surface area contributed by atoms with Crippen molar-refractivity contribution in [2.75, 3.05) is 39.6 Å². The molecule has 4 N–H and O–H groups in total. The molecule has 0 aromatic carbocycles. The molecule has 0 aromatic heterocycles. The van der Waals surface area contributed by atoms with Gasteiger partial charge in [-0.3, -0.25) is 32.5 Å². The predicted octanol–water partition coefficient (Wildman–Crippen LogP) is 21.9. The van der Waals surface area contributed by atoms with Gasteiger partial charge in [-0.25, -0.2) is 9.13 Å². The van der Waals surface area contributed by atoms with Gasteiger partial charge in [0.05, 0.1) is 26.4 Å². The number of phosphoric acid groups is 2. The Balaban J connectivity index is 4.64. The van der Waals surface area contributed by atoms with Gasteiger partial charge in [0.2, 0.25) is 0 Å². The second kappa shape index (κ2) is 72.9. The Hall–Kier alpha value is -4.83. The van der Waals surface area contributed by atoms with Crippen molar-refractivity contribution >= 4 is 33.6 Å². The lowest BCUT2D eigenvalue weighted by molar-refractivity contribution is -0.161. The van der Waals surface area contributed by atoms with E-state index in [4.69, 9.17) is 32.3 Å². The topological polar surface area (TPSA) is 231 Å². The number of ether oxygens (including phenoxy) is 3. The highest BCUT2D eigenvalue weighted by Crippen LogP contribution is 2.45. The molecule has 5 atom stereocenters. The van der Waals surface area contributed by atoms with Crippen LogP contribution in [0.2, 0.25) is 0 Å². The molecule has 99 heavy (non-hydrogen) atoms. The smallest absolute Gasteiger partial charge is 0.463 e. The van der Waals surface area contributed by atoms with E-state index in [1.807, 2.05) is 0 Å². The lowest BCUT2D eigenvalue weighted by Gasteiger charge is -2.21. The van der Waals surface area contributed by atoms with Gasteiger partial charge < -0.3 is 34.2 Å². The van der Waals surface area contributed by atoms with E-state index in [0.717, 1.165) is 180 Å². The van der Waals surface area contributed by atoms with Crippen LogP contribution in [0.4, 0.5) is 0 Å². The van der Waals surface area contributed by atoms with E-state index in [2.05, 4.69) is 179 Å². The molecule has 18 heteroatoms. The number of aliphatic hydroxyl groups excluding tert-OH is 2. The first-order chi connectivity index (χ1) is 48.2. The zero-order valence-corrected chi connectivity index (χ0v) is 63.1. The van der Waals surface area contributed by atoms with E-state index in [0.29, 0.717) is 19.3 Å². The summed E-state index contributed by atoms with van der Waals surface area (Å²) in [7, 11) is -9.81. The molecule has 5 unspecified atom stereocenters. The van der Waals surface area contributed by atoms with Crippen LogP contribution in [0.15, 0.2) is 158 Å². The first-order valence-corrected chi connectivity index (χ1v) is 40.8. The maximum Gasteiger partial charge on any atom is 0.472 e. The number of unbranched alkanes of at least 4 members (excludes halogenated alkanes) is 21. The first-order valence-electron chi connectivity index (χ1n) is 37.8. The Kier molecular flexibility index (Phi) is 69.4. The summed E-state index contributed by atoms with van der Waals surface area (Å²) in [5.41, 5.74) is 0. The summed E-state index contributed by atoms with van der Waals surface area (Å²) in [5.74, 6) is -1.63. The van der Waals surface area contributed by atoms with Crippen LogP contribution in [0.5, 0.6) is 0 Å². The van der Waals surface area contributed by atoms with Crippen molar-refractivity contribution in [3.63, 3.8) is 0 Å². The number of carbonyl (C=O) groups excluding carboxylic acids is 3. The first kappa shape index (κ1) is 94.2. The van der Waals surface area contributed by atoms with Crippen molar-refractivity contribution in [2.45, 2.75) is 296 Å². The van der Waals surface area contributed by atoms with E-state index in [1.165, 1.54) is 38.5 Å². The highest BCUT2D eigenvalue weighted by Gasteiger charge is 2.29. The molecule has 0 aliphatic heterocycles. The quantitative estimate of drug-likeness (QED) is 0.0146. The largest absolute Gasteiger partial charge is 0.472 e. The monoisotopic (exact) mass is 1420 g/mol. The van der Waals surface area contributed by atoms with Crippen LogP contribution in [0, 0.1) is 0 Å². The van der Waals surface area contributed by atoms with E-state index in [1.54, 1.807) is 0 Å². The summed E-state index contributed by atoms with van der Waals surface area (Å²) in [6.45, 7) is 2.35. The third kappa shape index (κ3) is 74.2. The number of phosphoric ester groups is 2. The lowest BCUT2D eigenvalue weighted by Crippen LogP contribution is -2.30. The molecular weight excluding hydrogens is 1290 g/mol. The highest BCUT2D eigenvalue weighted by atomic mass is 31.2. The maximum absolute atomic E-state index is 13.0. The molecule has 0 saturated heterocycles. The molecule has 16 nitrogen and oxygen atoms in total. The van der Waals surface area contributed by atoms with Crippen LogP contribution in [0.25, 0.3) is 0 Å². The van der Waals surface area contributed by atoms with Gasteiger partial charge in [0.15, 0.2) is 6.10 Å². The number of hydrogen-bond acceptors (Lipinski definition) is 14. The highest BCUT2D eigenvalue weighted by molar-refractivity contribution is 7.47. The van der Waals surface area contributed by atoms with Crippen LogP contribution in [-0.4, -0.2) is 95.9 Å². The summed E-state index contributed by atoms with van der Waals surface area (Å²) in [6.07, 6.45) is 89.9. The van der Waals surface area contributed by atoms with E-state index in [9.17, 15) is 43.5 Å². The molecule has 0 spiro atoms. The third-order valence-corrected chi connectivity index (χ3v) is 17.1. The number of esters is 3. The minimum absolute atomic E-state index is 0.0685. The minimum atomic E-state index is -4.95. The zero-order valence-electron chi connectivity index (χ0n) is 61.4. The molecule has 0 aromatic rings. The van der Waals surface area contributed by atoms with Crippen molar-refractivity contribution in [1.82, 2.24) is 0 Å². The Bertz CT molecular complexity index is 2430. The molecule has 0 amide bonds. The normalized spacial score (nSPS) is 14.9. The van der Waals surface area contributed by atoms with Gasteiger partial charge in [0, 0.05) is 19.3 Å². The van der Waals surface area contributed by atoms with Crippen molar-refractivity contribution < 1.29 is 75.8 Å². The molecule has 564 valence electrons. The van der Waals surface area contributed by atoms with Crippen LogP contribution >= 0.6 is 15.6 Å². The van der Waals surface area contributed by atoms with Crippen LogP contribution < -0.4 is 0 Å². The molecule has 0 rings (SSSR count). The van der Waals surface area contributed by atoms with Crippen molar-refractivity contribution in [3.8, 4) is 0 Å². The number of rotatable bonds is 70. The van der Waals surface area contributed by atoms with Crippen molar-refractivity contribution in [1.29, 1.82) is 0 Å². The fourth-order valence-electron chi connectivity index (χ4n) is 9.51. The summed E-state index contributed by atoms with van der Waals surface area (Å²) in [4.78, 5) is 58.6. The Morgan fingerprint density at radius 3 is 0.848 bits per heavy atom. The van der Waals surface area contributed by atoms with Crippen LogP contribution in [0.3, 0.4) is 0 Å². The maximum atomic E-state index is 13.0. The lowest BCUT2D eigenvalue weighted by atomic mass is 10.1. The average molecular weight is 1430 g/mol. The van der Waals surface area contributed by atoms with Crippen molar-refractivity contribution in [2.24, 2.45) is 0 Å². The second-order valence-electron chi connectivity index (χ2n) is 24.7. The molecule has 0 heterocycles. The summed E-state index contributed by atoms with van der Waals surface area (Å²) in [6, 6.07) is 0. The van der Waals surface area contributed by atoms with Gasteiger partial charge >= 0.3 is 33.6 Å². The van der Waals surface area contributed by atoms with E-state index >= 15 is 0 Å². The van der Waals surface area contributed by atoms with E-state index in [-0.39, 0.29) is 19.3 Å². The number of aliphatic hydroxyl groups is 2. The molecule has 0 bridgehead atoms. The summed E-state index contributed by atoms with van der Waals surface area (Å²) >= 11 is 0. The van der Waals surface area contributed by atoms with E-state index < -0.39 is 91.5 Å². The third-order valence-electron chi connectivity index (χ3n) is 15.2. The number of carbonyl (C=O) groups is 3. The fourth-order valence-corrected chi connectivity index (χ4v) is 11.1. The minimum Gasteiger partial charge on any atom is -0.463 e. The average Bonchev–Trinajstić information content (AvgIpc) is 2.62.